The maximum Gasteiger partial charge on any atom is 0.260 e. The summed E-state index contributed by atoms with van der Waals surface area (Å²) in [7, 11) is 0. The first-order valence-electron chi connectivity index (χ1n) is 4.68. The van der Waals surface area contributed by atoms with E-state index in [-0.39, 0.29) is 15.9 Å². The van der Waals surface area contributed by atoms with Crippen LogP contribution >= 0.6 is 39.1 Å². The van der Waals surface area contributed by atoms with E-state index in [9.17, 15) is 4.79 Å². The second-order valence-corrected chi connectivity index (χ2v) is 4.85. The van der Waals surface area contributed by atoms with Gasteiger partial charge in [-0.2, -0.15) is 0 Å². The summed E-state index contributed by atoms with van der Waals surface area (Å²) < 4.78 is 0.812. The molecule has 2 aromatic heterocycles. The summed E-state index contributed by atoms with van der Waals surface area (Å²) >= 11 is 14.7. The number of rotatable bonds is 2. The third-order valence-electron chi connectivity index (χ3n) is 1.93. The van der Waals surface area contributed by atoms with Gasteiger partial charge in [-0.3, -0.25) is 4.79 Å². The first-order chi connectivity index (χ1) is 8.56. The summed E-state index contributed by atoms with van der Waals surface area (Å²) in [4.78, 5) is 15.9. The highest BCUT2D eigenvalue weighted by Gasteiger charge is 2.13. The molecule has 0 aliphatic heterocycles. The van der Waals surface area contributed by atoms with E-state index in [0.717, 1.165) is 4.47 Å². The summed E-state index contributed by atoms with van der Waals surface area (Å²) in [5.41, 5.74) is 0.140. The highest BCUT2D eigenvalue weighted by Crippen LogP contribution is 2.17. The molecule has 0 radical (unpaired) electrons. The molecule has 0 saturated heterocycles. The quantitative estimate of drug-likeness (QED) is 0.905. The minimum atomic E-state index is -0.452. The lowest BCUT2D eigenvalue weighted by atomic mass is 10.3. The van der Waals surface area contributed by atoms with Crippen LogP contribution in [0.1, 0.15) is 10.4 Å². The largest absolute Gasteiger partial charge is 0.306 e. The molecule has 1 N–H and O–H groups in total. The number of hydrogen-bond donors (Lipinski definition) is 1. The molecule has 0 aliphatic rings. The van der Waals surface area contributed by atoms with Crippen molar-refractivity contribution in [1.82, 2.24) is 15.2 Å². The summed E-state index contributed by atoms with van der Waals surface area (Å²) in [6.07, 6.45) is 1.56. The predicted molar refractivity (Wildman–Crippen MR) is 71.9 cm³/mol. The van der Waals surface area contributed by atoms with Crippen LogP contribution in [0.5, 0.6) is 0 Å². The fourth-order valence-electron chi connectivity index (χ4n) is 1.15. The molecule has 18 heavy (non-hydrogen) atoms. The Labute approximate surface area is 121 Å². The number of carbonyl (C=O) groups is 1. The number of anilines is 1. The van der Waals surface area contributed by atoms with Gasteiger partial charge in [0.15, 0.2) is 10.3 Å². The Morgan fingerprint density at radius 2 is 2.06 bits per heavy atom. The summed E-state index contributed by atoms with van der Waals surface area (Å²) in [5, 5.41) is 9.72. The third-order valence-corrected chi connectivity index (χ3v) is 2.87. The van der Waals surface area contributed by atoms with E-state index >= 15 is 0 Å². The zero-order valence-electron chi connectivity index (χ0n) is 8.69. The Balaban J connectivity index is 2.21. The molecule has 0 bridgehead atoms. The van der Waals surface area contributed by atoms with Crippen molar-refractivity contribution in [3.63, 3.8) is 0 Å². The van der Waals surface area contributed by atoms with Crippen molar-refractivity contribution in [3.05, 3.63) is 44.7 Å². The van der Waals surface area contributed by atoms with E-state index in [2.05, 4.69) is 36.4 Å². The number of aromatic nitrogens is 3. The van der Waals surface area contributed by atoms with Crippen LogP contribution in [0.4, 0.5) is 5.82 Å². The van der Waals surface area contributed by atoms with Gasteiger partial charge in [0.05, 0.1) is 5.56 Å². The van der Waals surface area contributed by atoms with Crippen LogP contribution in [0.2, 0.25) is 10.3 Å². The normalized spacial score (nSPS) is 10.2. The monoisotopic (exact) mass is 346 g/mol. The number of amides is 1. The van der Waals surface area contributed by atoms with Crippen molar-refractivity contribution >= 4 is 50.9 Å². The van der Waals surface area contributed by atoms with E-state index in [4.69, 9.17) is 23.2 Å². The van der Waals surface area contributed by atoms with Crippen molar-refractivity contribution in [2.45, 2.75) is 0 Å². The topological polar surface area (TPSA) is 67.8 Å². The van der Waals surface area contributed by atoms with Gasteiger partial charge in [0.25, 0.3) is 5.91 Å². The van der Waals surface area contributed by atoms with Crippen molar-refractivity contribution in [1.29, 1.82) is 0 Å². The number of carbonyl (C=O) groups excluding carboxylic acids is 1. The van der Waals surface area contributed by atoms with E-state index in [1.807, 2.05) is 0 Å². The van der Waals surface area contributed by atoms with Gasteiger partial charge in [-0.15, -0.1) is 10.2 Å². The molecule has 5 nitrogen and oxygen atoms in total. The fraction of sp³-hybridized carbons (Fsp3) is 0. The Morgan fingerprint density at radius 1 is 1.28 bits per heavy atom. The first-order valence-corrected chi connectivity index (χ1v) is 6.23. The Kier molecular flexibility index (Phi) is 4.11. The zero-order valence-corrected chi connectivity index (χ0v) is 11.8. The Morgan fingerprint density at radius 3 is 2.72 bits per heavy atom. The maximum absolute atomic E-state index is 11.9. The summed E-state index contributed by atoms with van der Waals surface area (Å²) in [6, 6.07) is 4.74. The van der Waals surface area contributed by atoms with Crippen LogP contribution in [-0.4, -0.2) is 21.1 Å². The lowest BCUT2D eigenvalue weighted by molar-refractivity contribution is 0.102. The van der Waals surface area contributed by atoms with Crippen LogP contribution in [0, 0.1) is 0 Å². The maximum atomic E-state index is 11.9. The molecule has 0 atom stereocenters. The molecule has 0 spiro atoms. The van der Waals surface area contributed by atoms with Crippen LogP contribution in [0.3, 0.4) is 0 Å². The smallest absolute Gasteiger partial charge is 0.260 e. The molecule has 2 rings (SSSR count). The standard InChI is InChI=1S/C10H5BrCl2N4O/c11-5-1-2-8(14-4-5)15-10(18)6-3-7(12)16-17-9(6)13/h1-4H,(H,14,15,18). The molecule has 92 valence electrons. The molecule has 0 saturated carbocycles. The lowest BCUT2D eigenvalue weighted by Gasteiger charge is -2.05. The van der Waals surface area contributed by atoms with E-state index in [1.165, 1.54) is 6.07 Å². The van der Waals surface area contributed by atoms with Crippen molar-refractivity contribution in [2.24, 2.45) is 0 Å². The molecule has 1 amide bonds. The van der Waals surface area contributed by atoms with Gasteiger partial charge in [0.2, 0.25) is 0 Å². The number of halogens is 3. The number of pyridine rings is 1. The van der Waals surface area contributed by atoms with Crippen LogP contribution < -0.4 is 5.32 Å². The minimum Gasteiger partial charge on any atom is -0.306 e. The van der Waals surface area contributed by atoms with Crippen LogP contribution in [0.25, 0.3) is 0 Å². The number of nitrogens with zero attached hydrogens (tertiary/aromatic N) is 3. The molecule has 2 heterocycles. The third kappa shape index (κ3) is 3.16. The van der Waals surface area contributed by atoms with E-state index < -0.39 is 5.91 Å². The molecule has 0 aliphatic carbocycles. The molecule has 8 heteroatoms. The zero-order chi connectivity index (χ0) is 13.1. The minimum absolute atomic E-state index is 0.0194. The molecule has 0 unspecified atom stereocenters. The summed E-state index contributed by atoms with van der Waals surface area (Å²) in [5.74, 6) is -0.0566. The molecule has 2 aromatic rings. The molecule has 0 aromatic carbocycles. The average molecular weight is 348 g/mol. The second-order valence-electron chi connectivity index (χ2n) is 3.19. The number of nitrogens with one attached hydrogen (secondary N) is 1. The average Bonchev–Trinajstić information content (AvgIpc) is 2.35. The Bertz CT molecular complexity index is 591. The van der Waals surface area contributed by atoms with Gasteiger partial charge in [-0.05, 0) is 34.1 Å². The van der Waals surface area contributed by atoms with Gasteiger partial charge in [-0.1, -0.05) is 23.2 Å². The number of hydrogen-bond acceptors (Lipinski definition) is 4. The van der Waals surface area contributed by atoms with E-state index in [0.29, 0.717) is 5.82 Å². The van der Waals surface area contributed by atoms with Crippen molar-refractivity contribution < 1.29 is 4.79 Å². The Hall–Kier alpha value is -1.24. The SMILES string of the molecule is O=C(Nc1ccc(Br)cn1)c1cc(Cl)nnc1Cl. The lowest BCUT2D eigenvalue weighted by Crippen LogP contribution is -2.14. The summed E-state index contributed by atoms with van der Waals surface area (Å²) in [6.45, 7) is 0. The first kappa shape index (κ1) is 13.2. The molecular weight excluding hydrogens is 343 g/mol. The fourth-order valence-corrected chi connectivity index (χ4v) is 1.71. The van der Waals surface area contributed by atoms with Crippen LogP contribution in [-0.2, 0) is 0 Å². The van der Waals surface area contributed by atoms with Gasteiger partial charge in [0, 0.05) is 10.7 Å². The van der Waals surface area contributed by atoms with Crippen LogP contribution in [0.15, 0.2) is 28.9 Å². The predicted octanol–water partition coefficient (Wildman–Crippen LogP) is 3.19. The van der Waals surface area contributed by atoms with E-state index in [1.54, 1.807) is 18.3 Å². The highest BCUT2D eigenvalue weighted by molar-refractivity contribution is 9.10. The van der Waals surface area contributed by atoms with Gasteiger partial charge < -0.3 is 5.32 Å². The highest BCUT2D eigenvalue weighted by atomic mass is 79.9. The van der Waals surface area contributed by atoms with Crippen molar-refractivity contribution in [2.75, 3.05) is 5.32 Å². The second kappa shape index (κ2) is 5.60. The van der Waals surface area contributed by atoms with Crippen molar-refractivity contribution in [3.8, 4) is 0 Å². The van der Waals surface area contributed by atoms with Gasteiger partial charge in [-0.25, -0.2) is 4.98 Å². The van der Waals surface area contributed by atoms with Gasteiger partial charge in [0.1, 0.15) is 5.82 Å². The van der Waals surface area contributed by atoms with Gasteiger partial charge >= 0.3 is 0 Å². The molecule has 0 fully saturated rings. The molecular formula is C10H5BrCl2N4O.